The van der Waals surface area contributed by atoms with Crippen molar-refractivity contribution in [3.63, 3.8) is 0 Å². The summed E-state index contributed by atoms with van der Waals surface area (Å²) in [7, 11) is 0. The van der Waals surface area contributed by atoms with Crippen LogP contribution in [0.15, 0.2) is 10.6 Å². The van der Waals surface area contributed by atoms with Crippen LogP contribution in [0.1, 0.15) is 54.8 Å². The first-order valence-electron chi connectivity index (χ1n) is 6.37. The molecule has 0 atom stereocenters. The van der Waals surface area contributed by atoms with Crippen molar-refractivity contribution in [2.75, 3.05) is 0 Å². The maximum Gasteiger partial charge on any atom is 0.287 e. The van der Waals surface area contributed by atoms with Crippen LogP contribution in [0.3, 0.4) is 0 Å². The largest absolute Gasteiger partial charge is 0.370 e. The van der Waals surface area contributed by atoms with Crippen LogP contribution >= 0.6 is 0 Å². The Morgan fingerprint density at radius 3 is 2.83 bits per heavy atom. The first kappa shape index (κ1) is 13.0. The van der Waals surface area contributed by atoms with Gasteiger partial charge in [0, 0.05) is 6.07 Å². The molecule has 18 heavy (non-hydrogen) atoms. The van der Waals surface area contributed by atoms with Crippen LogP contribution in [-0.4, -0.2) is 17.2 Å². The van der Waals surface area contributed by atoms with Crippen LogP contribution in [0.5, 0.6) is 0 Å². The molecular formula is C12H19N3O3. The molecule has 1 aliphatic rings. The zero-order chi connectivity index (χ0) is 12.8. The fourth-order valence-corrected chi connectivity index (χ4v) is 2.17. The van der Waals surface area contributed by atoms with E-state index in [0.29, 0.717) is 18.5 Å². The number of hydrogen-bond acceptors (Lipinski definition) is 5. The molecule has 0 saturated heterocycles. The summed E-state index contributed by atoms with van der Waals surface area (Å²) in [6, 6.07) is 1.55. The molecule has 0 bridgehead atoms. The van der Waals surface area contributed by atoms with Crippen molar-refractivity contribution >= 4 is 5.91 Å². The smallest absolute Gasteiger partial charge is 0.287 e. The molecule has 1 aliphatic carbocycles. The lowest BCUT2D eigenvalue weighted by molar-refractivity contribution is 0.0195. The molecule has 0 aliphatic heterocycles. The predicted molar refractivity (Wildman–Crippen MR) is 64.4 cm³/mol. The topological polar surface area (TPSA) is 90.4 Å². The molecule has 1 saturated carbocycles. The minimum absolute atomic E-state index is 0.178. The van der Waals surface area contributed by atoms with E-state index in [-0.39, 0.29) is 5.69 Å². The summed E-state index contributed by atoms with van der Waals surface area (Å²) in [4.78, 5) is 11.2. The van der Waals surface area contributed by atoms with E-state index in [9.17, 15) is 4.79 Å². The summed E-state index contributed by atoms with van der Waals surface area (Å²) in [5, 5.41) is 3.62. The number of aromatic nitrogens is 1. The summed E-state index contributed by atoms with van der Waals surface area (Å²) in [5.74, 6) is 5.10. The van der Waals surface area contributed by atoms with Crippen molar-refractivity contribution in [1.29, 1.82) is 0 Å². The predicted octanol–water partition coefficient (Wildman–Crippen LogP) is 1.52. The first-order chi connectivity index (χ1) is 8.79. The van der Waals surface area contributed by atoms with Crippen molar-refractivity contribution in [1.82, 2.24) is 10.6 Å². The molecule has 1 aromatic heterocycles. The van der Waals surface area contributed by atoms with Crippen LogP contribution in [0.2, 0.25) is 0 Å². The van der Waals surface area contributed by atoms with E-state index >= 15 is 0 Å². The highest BCUT2D eigenvalue weighted by Gasteiger charge is 2.15. The monoisotopic (exact) mass is 253 g/mol. The highest BCUT2D eigenvalue weighted by Crippen LogP contribution is 2.21. The summed E-state index contributed by atoms with van der Waals surface area (Å²) < 4.78 is 10.8. The number of hydrazine groups is 1. The maximum absolute atomic E-state index is 11.2. The standard InChI is InChI=1S/C12H19N3O3/c13-14-12(16)11-7-10(18-15-11)8-17-9-5-3-1-2-4-6-9/h7,9H,1-6,8,13H2,(H,14,16). The van der Waals surface area contributed by atoms with Crippen LogP contribution in [-0.2, 0) is 11.3 Å². The molecule has 2 rings (SSSR count). The van der Waals surface area contributed by atoms with E-state index in [2.05, 4.69) is 5.16 Å². The van der Waals surface area contributed by atoms with Gasteiger partial charge in [-0.1, -0.05) is 30.8 Å². The lowest BCUT2D eigenvalue weighted by atomic mass is 10.1. The molecule has 0 spiro atoms. The number of nitrogens with zero attached hydrogens (tertiary/aromatic N) is 1. The number of carbonyl (C=O) groups is 1. The average Bonchev–Trinajstić information content (AvgIpc) is 2.71. The van der Waals surface area contributed by atoms with Crippen molar-refractivity contribution in [3.8, 4) is 0 Å². The Hall–Kier alpha value is -1.40. The van der Waals surface area contributed by atoms with Gasteiger partial charge in [-0.3, -0.25) is 10.2 Å². The lowest BCUT2D eigenvalue weighted by Gasteiger charge is -2.13. The molecule has 6 heteroatoms. The highest BCUT2D eigenvalue weighted by atomic mass is 16.5. The van der Waals surface area contributed by atoms with Gasteiger partial charge in [0.05, 0.1) is 6.10 Å². The average molecular weight is 253 g/mol. The fraction of sp³-hybridized carbons (Fsp3) is 0.667. The van der Waals surface area contributed by atoms with E-state index in [1.54, 1.807) is 6.07 Å². The molecular weight excluding hydrogens is 234 g/mol. The maximum atomic E-state index is 11.2. The van der Waals surface area contributed by atoms with Gasteiger partial charge in [-0.05, 0) is 12.8 Å². The van der Waals surface area contributed by atoms with E-state index in [1.165, 1.54) is 25.7 Å². The van der Waals surface area contributed by atoms with Gasteiger partial charge in [-0.15, -0.1) is 0 Å². The Labute approximate surface area is 106 Å². The molecule has 6 nitrogen and oxygen atoms in total. The third kappa shape index (κ3) is 3.54. The zero-order valence-corrected chi connectivity index (χ0v) is 10.4. The van der Waals surface area contributed by atoms with Gasteiger partial charge in [-0.25, -0.2) is 5.84 Å². The fourth-order valence-electron chi connectivity index (χ4n) is 2.17. The number of nitrogen functional groups attached to an aromatic ring is 1. The Morgan fingerprint density at radius 1 is 1.44 bits per heavy atom. The third-order valence-electron chi connectivity index (χ3n) is 3.19. The summed E-state index contributed by atoms with van der Waals surface area (Å²) >= 11 is 0. The number of ether oxygens (including phenoxy) is 1. The van der Waals surface area contributed by atoms with Crippen molar-refractivity contribution < 1.29 is 14.1 Å². The molecule has 1 amide bonds. The third-order valence-corrected chi connectivity index (χ3v) is 3.19. The summed E-state index contributed by atoms with van der Waals surface area (Å²) in [6.07, 6.45) is 7.54. The number of hydrogen-bond donors (Lipinski definition) is 2. The second kappa shape index (κ2) is 6.51. The molecule has 100 valence electrons. The minimum atomic E-state index is -0.459. The lowest BCUT2D eigenvalue weighted by Crippen LogP contribution is -2.30. The van der Waals surface area contributed by atoms with E-state index in [1.807, 2.05) is 5.43 Å². The number of rotatable bonds is 4. The molecule has 0 aromatic carbocycles. The molecule has 0 unspecified atom stereocenters. The van der Waals surface area contributed by atoms with Gasteiger partial charge in [0.15, 0.2) is 11.5 Å². The SMILES string of the molecule is NNC(=O)c1cc(COC2CCCCCC2)on1. The number of nitrogens with two attached hydrogens (primary N) is 1. The summed E-state index contributed by atoms with van der Waals surface area (Å²) in [5.41, 5.74) is 2.18. The number of amides is 1. The number of nitrogens with one attached hydrogen (secondary N) is 1. The zero-order valence-electron chi connectivity index (χ0n) is 10.4. The van der Waals surface area contributed by atoms with E-state index in [0.717, 1.165) is 12.8 Å². The Balaban J connectivity index is 1.82. The van der Waals surface area contributed by atoms with Gasteiger partial charge >= 0.3 is 0 Å². The van der Waals surface area contributed by atoms with E-state index in [4.69, 9.17) is 15.1 Å². The van der Waals surface area contributed by atoms with Crippen LogP contribution < -0.4 is 11.3 Å². The van der Waals surface area contributed by atoms with Crippen LogP contribution in [0.4, 0.5) is 0 Å². The quantitative estimate of drug-likeness (QED) is 0.367. The minimum Gasteiger partial charge on any atom is -0.370 e. The van der Waals surface area contributed by atoms with Crippen molar-refractivity contribution in [2.45, 2.75) is 51.2 Å². The van der Waals surface area contributed by atoms with Crippen LogP contribution in [0.25, 0.3) is 0 Å². The Kier molecular flexibility index (Phi) is 4.72. The van der Waals surface area contributed by atoms with Gasteiger partial charge in [0.1, 0.15) is 6.61 Å². The molecule has 1 fully saturated rings. The first-order valence-corrected chi connectivity index (χ1v) is 6.37. The Morgan fingerprint density at radius 2 is 2.17 bits per heavy atom. The van der Waals surface area contributed by atoms with Crippen LogP contribution in [0, 0.1) is 0 Å². The Bertz CT molecular complexity index is 384. The van der Waals surface area contributed by atoms with Crippen molar-refractivity contribution in [2.24, 2.45) is 5.84 Å². The van der Waals surface area contributed by atoms with Gasteiger partial charge in [0.25, 0.3) is 5.91 Å². The van der Waals surface area contributed by atoms with Gasteiger partial charge in [0.2, 0.25) is 0 Å². The molecule has 1 heterocycles. The molecule has 1 aromatic rings. The second-order valence-electron chi connectivity index (χ2n) is 4.58. The summed E-state index contributed by atoms with van der Waals surface area (Å²) in [6.45, 7) is 0.357. The van der Waals surface area contributed by atoms with E-state index < -0.39 is 5.91 Å². The van der Waals surface area contributed by atoms with Gasteiger partial charge < -0.3 is 9.26 Å². The van der Waals surface area contributed by atoms with Gasteiger partial charge in [-0.2, -0.15) is 0 Å². The molecule has 0 radical (unpaired) electrons. The normalized spacial score (nSPS) is 17.4. The van der Waals surface area contributed by atoms with Crippen molar-refractivity contribution in [3.05, 3.63) is 17.5 Å². The molecule has 3 N–H and O–H groups in total. The highest BCUT2D eigenvalue weighted by molar-refractivity contribution is 5.91. The second-order valence-corrected chi connectivity index (χ2v) is 4.58. The number of carbonyl (C=O) groups excluding carboxylic acids is 1.